The molecule has 0 saturated carbocycles. The van der Waals surface area contributed by atoms with Gasteiger partial charge in [0.2, 0.25) is 0 Å². The number of carbonyl (C=O) groups excluding carboxylic acids is 1. The molecule has 148 valence electrons. The van der Waals surface area contributed by atoms with E-state index in [0.717, 1.165) is 11.9 Å². The first-order valence-corrected chi connectivity index (χ1v) is 11.0. The fourth-order valence-electron chi connectivity index (χ4n) is 3.40. The second kappa shape index (κ2) is 8.62. The van der Waals surface area contributed by atoms with Gasteiger partial charge in [-0.3, -0.25) is 4.79 Å². The molecule has 3 nitrogen and oxygen atoms in total. The van der Waals surface area contributed by atoms with Gasteiger partial charge in [-0.1, -0.05) is 41.4 Å². The van der Waals surface area contributed by atoms with Crippen molar-refractivity contribution in [1.82, 2.24) is 9.88 Å². The molecule has 1 N–H and O–H groups in total. The van der Waals surface area contributed by atoms with E-state index in [1.807, 2.05) is 23.2 Å². The Hall–Kier alpha value is -2.27. The van der Waals surface area contributed by atoms with Gasteiger partial charge in [0.25, 0.3) is 5.91 Å². The van der Waals surface area contributed by atoms with Crippen LogP contribution in [-0.2, 0) is 13.0 Å². The SMILES string of the molecule is Cc1ccsc1CN(CCc1c[nH]c2ccccc12)C(=O)c1ccc(Cl)c(Cl)c1. The van der Waals surface area contributed by atoms with Crippen LogP contribution < -0.4 is 0 Å². The summed E-state index contributed by atoms with van der Waals surface area (Å²) >= 11 is 13.9. The standard InChI is InChI=1S/C23H20Cl2N2OS/c1-15-9-11-29-22(15)14-27(23(28)16-6-7-19(24)20(25)12-16)10-8-17-13-26-21-5-3-2-4-18(17)21/h2-7,9,11-13,26H,8,10,14H2,1H3. The van der Waals surface area contributed by atoms with Gasteiger partial charge in [-0.25, -0.2) is 0 Å². The number of fused-ring (bicyclic) bond motifs is 1. The van der Waals surface area contributed by atoms with Crippen molar-refractivity contribution in [1.29, 1.82) is 0 Å². The largest absolute Gasteiger partial charge is 0.361 e. The summed E-state index contributed by atoms with van der Waals surface area (Å²) in [6.45, 7) is 3.26. The maximum absolute atomic E-state index is 13.3. The minimum absolute atomic E-state index is 0.0452. The smallest absolute Gasteiger partial charge is 0.254 e. The Bertz CT molecular complexity index is 1160. The molecule has 4 aromatic rings. The summed E-state index contributed by atoms with van der Waals surface area (Å²) in [7, 11) is 0. The van der Waals surface area contributed by atoms with Crippen molar-refractivity contribution in [2.45, 2.75) is 19.9 Å². The topological polar surface area (TPSA) is 36.1 Å². The number of hydrogen-bond donors (Lipinski definition) is 1. The summed E-state index contributed by atoms with van der Waals surface area (Å²) in [4.78, 5) is 19.7. The summed E-state index contributed by atoms with van der Waals surface area (Å²) in [5, 5.41) is 4.09. The first kappa shape index (κ1) is 20.0. The number of halogens is 2. The summed E-state index contributed by atoms with van der Waals surface area (Å²) < 4.78 is 0. The van der Waals surface area contributed by atoms with Gasteiger partial charge in [0.05, 0.1) is 16.6 Å². The number of amides is 1. The molecule has 0 atom stereocenters. The Kier molecular flexibility index (Phi) is 5.95. The number of nitrogens with zero attached hydrogens (tertiary/aromatic N) is 1. The molecular weight excluding hydrogens is 423 g/mol. The Balaban J connectivity index is 1.60. The highest BCUT2D eigenvalue weighted by atomic mass is 35.5. The second-order valence-corrected chi connectivity index (χ2v) is 8.81. The molecule has 4 rings (SSSR count). The van der Waals surface area contributed by atoms with E-state index in [2.05, 4.69) is 35.5 Å². The molecule has 1 amide bonds. The van der Waals surface area contributed by atoms with E-state index in [0.29, 0.717) is 28.7 Å². The lowest BCUT2D eigenvalue weighted by Crippen LogP contribution is -2.32. The van der Waals surface area contributed by atoms with Crippen LogP contribution in [0.4, 0.5) is 0 Å². The van der Waals surface area contributed by atoms with Gasteiger partial charge in [-0.2, -0.15) is 0 Å². The fraction of sp³-hybridized carbons (Fsp3) is 0.174. The first-order chi connectivity index (χ1) is 14.0. The molecule has 0 spiro atoms. The van der Waals surface area contributed by atoms with Crippen LogP contribution in [0.3, 0.4) is 0 Å². The zero-order valence-electron chi connectivity index (χ0n) is 15.9. The number of carbonyl (C=O) groups is 1. The van der Waals surface area contributed by atoms with Crippen molar-refractivity contribution in [3.8, 4) is 0 Å². The molecule has 2 aromatic carbocycles. The van der Waals surface area contributed by atoms with E-state index in [-0.39, 0.29) is 5.91 Å². The van der Waals surface area contributed by atoms with Crippen molar-refractivity contribution in [3.63, 3.8) is 0 Å². The van der Waals surface area contributed by atoms with Crippen LogP contribution in [0.1, 0.15) is 26.4 Å². The normalized spacial score (nSPS) is 11.1. The molecule has 0 fully saturated rings. The Morgan fingerprint density at radius 3 is 2.69 bits per heavy atom. The Morgan fingerprint density at radius 1 is 1.10 bits per heavy atom. The lowest BCUT2D eigenvalue weighted by atomic mass is 10.1. The highest BCUT2D eigenvalue weighted by Gasteiger charge is 2.19. The third kappa shape index (κ3) is 4.35. The van der Waals surface area contributed by atoms with Gasteiger partial charge in [0.15, 0.2) is 0 Å². The van der Waals surface area contributed by atoms with Gasteiger partial charge in [0, 0.05) is 34.1 Å². The Labute approximate surface area is 183 Å². The predicted molar refractivity (Wildman–Crippen MR) is 122 cm³/mol. The molecule has 0 bridgehead atoms. The monoisotopic (exact) mass is 442 g/mol. The minimum Gasteiger partial charge on any atom is -0.361 e. The van der Waals surface area contributed by atoms with Crippen LogP contribution in [0.2, 0.25) is 10.0 Å². The van der Waals surface area contributed by atoms with E-state index in [4.69, 9.17) is 23.2 Å². The van der Waals surface area contributed by atoms with Crippen LogP contribution >= 0.6 is 34.5 Å². The minimum atomic E-state index is -0.0452. The highest BCUT2D eigenvalue weighted by molar-refractivity contribution is 7.10. The third-order valence-electron chi connectivity index (χ3n) is 5.08. The van der Waals surface area contributed by atoms with Crippen molar-refractivity contribution >= 4 is 51.3 Å². The number of para-hydroxylation sites is 1. The Morgan fingerprint density at radius 2 is 1.93 bits per heavy atom. The van der Waals surface area contributed by atoms with Crippen LogP contribution in [-0.4, -0.2) is 22.3 Å². The molecule has 29 heavy (non-hydrogen) atoms. The van der Waals surface area contributed by atoms with E-state index in [9.17, 15) is 4.79 Å². The number of H-pyrrole nitrogens is 1. The number of thiophene rings is 1. The molecule has 2 heterocycles. The summed E-state index contributed by atoms with van der Waals surface area (Å²) in [5.41, 5.74) is 4.07. The summed E-state index contributed by atoms with van der Waals surface area (Å²) in [6, 6.07) is 15.4. The molecule has 0 aliphatic rings. The van der Waals surface area contributed by atoms with Gasteiger partial charge in [0.1, 0.15) is 0 Å². The second-order valence-electron chi connectivity index (χ2n) is 6.99. The highest BCUT2D eigenvalue weighted by Crippen LogP contribution is 2.25. The third-order valence-corrected chi connectivity index (χ3v) is 6.83. The van der Waals surface area contributed by atoms with Crippen LogP contribution in [0, 0.1) is 6.92 Å². The molecule has 0 unspecified atom stereocenters. The van der Waals surface area contributed by atoms with E-state index < -0.39 is 0 Å². The van der Waals surface area contributed by atoms with Crippen molar-refractivity contribution in [2.75, 3.05) is 6.54 Å². The van der Waals surface area contributed by atoms with E-state index in [1.54, 1.807) is 29.5 Å². The van der Waals surface area contributed by atoms with Gasteiger partial charge < -0.3 is 9.88 Å². The molecule has 0 aliphatic heterocycles. The zero-order chi connectivity index (χ0) is 20.4. The molecular formula is C23H20Cl2N2OS. The van der Waals surface area contributed by atoms with E-state index >= 15 is 0 Å². The maximum Gasteiger partial charge on any atom is 0.254 e. The fourth-order valence-corrected chi connectivity index (χ4v) is 4.62. The number of hydrogen-bond acceptors (Lipinski definition) is 2. The van der Waals surface area contributed by atoms with Crippen molar-refractivity contribution < 1.29 is 4.79 Å². The number of rotatable bonds is 6. The van der Waals surface area contributed by atoms with Crippen molar-refractivity contribution in [2.24, 2.45) is 0 Å². The van der Waals surface area contributed by atoms with Crippen LogP contribution in [0.25, 0.3) is 10.9 Å². The lowest BCUT2D eigenvalue weighted by molar-refractivity contribution is 0.0746. The van der Waals surface area contributed by atoms with Gasteiger partial charge >= 0.3 is 0 Å². The maximum atomic E-state index is 13.3. The number of aromatic amines is 1. The number of nitrogens with one attached hydrogen (secondary N) is 1. The average Bonchev–Trinajstić information content (AvgIpc) is 3.32. The van der Waals surface area contributed by atoms with Gasteiger partial charge in [-0.05, 0) is 60.2 Å². The lowest BCUT2D eigenvalue weighted by Gasteiger charge is -2.23. The summed E-state index contributed by atoms with van der Waals surface area (Å²) in [5.74, 6) is -0.0452. The zero-order valence-corrected chi connectivity index (χ0v) is 18.2. The molecule has 2 aromatic heterocycles. The molecule has 0 saturated heterocycles. The number of benzene rings is 2. The van der Waals surface area contributed by atoms with Crippen LogP contribution in [0.15, 0.2) is 60.1 Å². The van der Waals surface area contributed by atoms with Crippen LogP contribution in [0.5, 0.6) is 0 Å². The van der Waals surface area contributed by atoms with Crippen molar-refractivity contribution in [3.05, 3.63) is 91.7 Å². The number of aryl methyl sites for hydroxylation is 1. The first-order valence-electron chi connectivity index (χ1n) is 9.35. The average molecular weight is 443 g/mol. The quantitative estimate of drug-likeness (QED) is 0.352. The molecule has 0 radical (unpaired) electrons. The molecule has 6 heteroatoms. The number of aromatic nitrogens is 1. The van der Waals surface area contributed by atoms with Gasteiger partial charge in [-0.15, -0.1) is 11.3 Å². The predicted octanol–water partition coefficient (Wildman–Crippen LogP) is 6.73. The summed E-state index contributed by atoms with van der Waals surface area (Å²) in [6.07, 6.45) is 2.80. The van der Waals surface area contributed by atoms with E-state index in [1.165, 1.54) is 21.4 Å². The molecule has 0 aliphatic carbocycles.